The quantitative estimate of drug-likeness (QED) is 0.371. The predicted octanol–water partition coefficient (Wildman–Crippen LogP) is 6.05. The van der Waals surface area contributed by atoms with Gasteiger partial charge in [0.15, 0.2) is 5.78 Å². The van der Waals surface area contributed by atoms with Crippen LogP contribution in [0.2, 0.25) is 0 Å². The molecule has 4 fully saturated rings. The highest BCUT2D eigenvalue weighted by Crippen LogP contribution is 2.88. The molecule has 1 saturated heterocycles. The van der Waals surface area contributed by atoms with Gasteiger partial charge in [0.1, 0.15) is 11.6 Å². The molecular weight excluding hydrogens is 520 g/mol. The van der Waals surface area contributed by atoms with Crippen LogP contribution in [-0.2, 0) is 23.9 Å². The number of esters is 1. The van der Waals surface area contributed by atoms with E-state index in [1.807, 2.05) is 20.8 Å². The van der Waals surface area contributed by atoms with Crippen molar-refractivity contribution in [2.24, 2.45) is 33.5 Å². The predicted molar refractivity (Wildman–Crippen MR) is 157 cm³/mol. The molecule has 0 radical (unpaired) electrons. The summed E-state index contributed by atoms with van der Waals surface area (Å²) in [4.78, 5) is 56.2. The molecule has 1 N–H and O–H groups in total. The van der Waals surface area contributed by atoms with E-state index in [0.717, 1.165) is 44.9 Å². The maximum absolute atomic E-state index is 14.5. The van der Waals surface area contributed by atoms with Crippen LogP contribution in [-0.4, -0.2) is 60.0 Å². The lowest BCUT2D eigenvalue weighted by atomic mass is 9.73. The maximum Gasteiger partial charge on any atom is 0.408 e. The second-order valence-corrected chi connectivity index (χ2v) is 16.0. The van der Waals surface area contributed by atoms with E-state index in [0.29, 0.717) is 13.0 Å². The molecule has 0 aromatic heterocycles. The summed E-state index contributed by atoms with van der Waals surface area (Å²) in [5, 5.41) is 2.89. The molecule has 4 atom stereocenters. The minimum atomic E-state index is -0.704. The molecule has 2 amide bonds. The van der Waals surface area contributed by atoms with Gasteiger partial charge >= 0.3 is 12.1 Å². The molecular formula is C33H54N2O6. The van der Waals surface area contributed by atoms with Crippen molar-refractivity contribution in [1.82, 2.24) is 10.2 Å². The summed E-state index contributed by atoms with van der Waals surface area (Å²) >= 11 is 0. The Bertz CT molecular complexity index is 1040. The van der Waals surface area contributed by atoms with Crippen molar-refractivity contribution in [1.29, 1.82) is 0 Å². The van der Waals surface area contributed by atoms with Crippen molar-refractivity contribution in [3.05, 3.63) is 0 Å². The van der Waals surface area contributed by atoms with Crippen LogP contribution in [0, 0.1) is 33.5 Å². The van der Waals surface area contributed by atoms with Gasteiger partial charge in [-0.3, -0.25) is 9.59 Å². The highest BCUT2D eigenvalue weighted by molar-refractivity contribution is 5.94. The molecule has 8 nitrogen and oxygen atoms in total. The van der Waals surface area contributed by atoms with Crippen molar-refractivity contribution < 1.29 is 28.7 Å². The molecule has 0 aromatic rings. The zero-order valence-corrected chi connectivity index (χ0v) is 27.0. The Morgan fingerprint density at radius 2 is 1.54 bits per heavy atom. The Hall–Kier alpha value is -2.12. The number of likely N-dealkylation sites (tertiary alicyclic amines) is 1. The van der Waals surface area contributed by atoms with E-state index in [1.165, 1.54) is 13.5 Å². The SMILES string of the molecule is COC(=O)[C@@H]1C[C@@]2(CN1C(=O)[C@@H](CC(=O)[C@@H](NC(=O)OC(C)(C)C)C1CCCCC1)C(C)(C)C)C(C)(C)C21CCC1. The lowest BCUT2D eigenvalue weighted by Gasteiger charge is -2.37. The fraction of sp³-hybridized carbons (Fsp3) is 0.879. The monoisotopic (exact) mass is 574 g/mol. The van der Waals surface area contributed by atoms with Gasteiger partial charge in [0, 0.05) is 24.3 Å². The lowest BCUT2D eigenvalue weighted by molar-refractivity contribution is -0.154. The number of nitrogens with one attached hydrogen (secondary N) is 1. The molecule has 1 aliphatic heterocycles. The van der Waals surface area contributed by atoms with Gasteiger partial charge in [0.2, 0.25) is 5.91 Å². The molecule has 0 aromatic carbocycles. The van der Waals surface area contributed by atoms with Crippen molar-refractivity contribution in [3.8, 4) is 0 Å². The first-order chi connectivity index (χ1) is 18.9. The molecule has 4 rings (SSSR count). The topological polar surface area (TPSA) is 102 Å². The van der Waals surface area contributed by atoms with E-state index in [2.05, 4.69) is 19.2 Å². The molecule has 2 spiro atoms. The first-order valence-corrected chi connectivity index (χ1v) is 15.8. The number of ketones is 1. The zero-order valence-electron chi connectivity index (χ0n) is 27.0. The number of hydrogen-bond donors (Lipinski definition) is 1. The Kier molecular flexibility index (Phi) is 8.42. The van der Waals surface area contributed by atoms with Gasteiger partial charge in [0.05, 0.1) is 13.2 Å². The van der Waals surface area contributed by atoms with E-state index in [-0.39, 0.29) is 46.2 Å². The van der Waals surface area contributed by atoms with Gasteiger partial charge in [-0.15, -0.1) is 0 Å². The third-order valence-corrected chi connectivity index (χ3v) is 11.5. The van der Waals surface area contributed by atoms with Gasteiger partial charge in [0.25, 0.3) is 0 Å². The molecule has 0 unspecified atom stereocenters. The average Bonchev–Trinajstić information content (AvgIpc) is 3.08. The number of nitrogens with zero attached hydrogens (tertiary/aromatic N) is 1. The molecule has 0 bridgehead atoms. The summed E-state index contributed by atoms with van der Waals surface area (Å²) in [5.41, 5.74) is -1.08. The molecule has 41 heavy (non-hydrogen) atoms. The molecule has 3 aliphatic carbocycles. The first kappa shape index (κ1) is 31.8. The second kappa shape index (κ2) is 10.9. The highest BCUT2D eigenvalue weighted by atomic mass is 16.6. The summed E-state index contributed by atoms with van der Waals surface area (Å²) in [6, 6.07) is -1.34. The molecule has 4 aliphatic rings. The Morgan fingerprint density at radius 1 is 0.927 bits per heavy atom. The van der Waals surface area contributed by atoms with Crippen LogP contribution >= 0.6 is 0 Å². The summed E-state index contributed by atoms with van der Waals surface area (Å²) in [6.45, 7) is 16.4. The number of carbonyl (C=O) groups excluding carboxylic acids is 4. The number of ether oxygens (including phenoxy) is 2. The van der Waals surface area contributed by atoms with Crippen molar-refractivity contribution >= 4 is 23.8 Å². The summed E-state index contributed by atoms with van der Waals surface area (Å²) in [5.74, 6) is -1.29. The van der Waals surface area contributed by atoms with Crippen LogP contribution in [0.15, 0.2) is 0 Å². The van der Waals surface area contributed by atoms with Crippen LogP contribution in [0.25, 0.3) is 0 Å². The number of amides is 2. The van der Waals surface area contributed by atoms with E-state index < -0.39 is 35.1 Å². The smallest absolute Gasteiger partial charge is 0.408 e. The third-order valence-electron chi connectivity index (χ3n) is 11.5. The van der Waals surface area contributed by atoms with E-state index in [1.54, 1.807) is 25.7 Å². The summed E-state index contributed by atoms with van der Waals surface area (Å²) in [7, 11) is 1.38. The third kappa shape index (κ3) is 5.53. The maximum atomic E-state index is 14.5. The van der Waals surface area contributed by atoms with Crippen molar-refractivity contribution in [3.63, 3.8) is 0 Å². The average molecular weight is 575 g/mol. The van der Waals surface area contributed by atoms with Crippen LogP contribution in [0.5, 0.6) is 0 Å². The Morgan fingerprint density at radius 3 is 2.00 bits per heavy atom. The van der Waals surface area contributed by atoms with Crippen LogP contribution in [0.1, 0.15) is 120 Å². The zero-order chi connectivity index (χ0) is 30.6. The summed E-state index contributed by atoms with van der Waals surface area (Å²) < 4.78 is 10.7. The van der Waals surface area contributed by atoms with Gasteiger partial charge < -0.3 is 19.7 Å². The Labute approximate surface area is 247 Å². The van der Waals surface area contributed by atoms with Crippen molar-refractivity contribution in [2.75, 3.05) is 13.7 Å². The standard InChI is InChI=1S/C33H54N2O6/c1-29(2,3)22(18-24(36)25(21-14-11-10-12-15-21)34-28(39)41-30(4,5)6)26(37)35-20-33(19-23(35)27(38)40-9)31(7,8)32(33)16-13-17-32/h21-23,25H,10-20H2,1-9H3,(H,34,39)/t22-,23+,25+,33-/m1/s1. The molecule has 8 heteroatoms. The molecule has 3 saturated carbocycles. The minimum Gasteiger partial charge on any atom is -0.467 e. The fourth-order valence-corrected chi connectivity index (χ4v) is 8.83. The number of Topliss-reactive ketones (excluding diaryl/α,β-unsaturated/α-hetero) is 1. The minimum absolute atomic E-state index is 0.00518. The van der Waals surface area contributed by atoms with Gasteiger partial charge in [-0.05, 0) is 75.0 Å². The normalized spacial score (nSPS) is 28.5. The Balaban J connectivity index is 1.59. The number of rotatable bonds is 7. The first-order valence-electron chi connectivity index (χ1n) is 15.8. The van der Waals surface area contributed by atoms with E-state index >= 15 is 0 Å². The fourth-order valence-electron chi connectivity index (χ4n) is 8.83. The van der Waals surface area contributed by atoms with Crippen LogP contribution in [0.3, 0.4) is 0 Å². The van der Waals surface area contributed by atoms with E-state index in [9.17, 15) is 19.2 Å². The van der Waals surface area contributed by atoms with E-state index in [4.69, 9.17) is 9.47 Å². The largest absolute Gasteiger partial charge is 0.467 e. The number of alkyl carbamates (subject to hydrolysis) is 1. The van der Waals surface area contributed by atoms with Gasteiger partial charge in [-0.1, -0.05) is 60.3 Å². The second-order valence-electron chi connectivity index (χ2n) is 16.0. The lowest BCUT2D eigenvalue weighted by Crippen LogP contribution is -2.51. The summed E-state index contributed by atoms with van der Waals surface area (Å²) in [6.07, 6.45) is 8.35. The van der Waals surface area contributed by atoms with Crippen molar-refractivity contribution in [2.45, 2.75) is 137 Å². The van der Waals surface area contributed by atoms with Crippen LogP contribution in [0.4, 0.5) is 4.79 Å². The van der Waals surface area contributed by atoms with Crippen LogP contribution < -0.4 is 5.32 Å². The molecule has 232 valence electrons. The number of fused-ring (bicyclic) bond motifs is 1. The highest BCUT2D eigenvalue weighted by Gasteiger charge is 2.85. The number of methoxy groups -OCH3 is 1. The van der Waals surface area contributed by atoms with Gasteiger partial charge in [-0.25, -0.2) is 9.59 Å². The van der Waals surface area contributed by atoms with Gasteiger partial charge in [-0.2, -0.15) is 0 Å². The molecule has 1 heterocycles. The number of carbonyl (C=O) groups is 4. The number of hydrogen-bond acceptors (Lipinski definition) is 6.